The maximum atomic E-state index is 12.9. The van der Waals surface area contributed by atoms with Gasteiger partial charge in [0.15, 0.2) is 0 Å². The first-order valence-corrected chi connectivity index (χ1v) is 11.0. The van der Waals surface area contributed by atoms with Crippen LogP contribution in [0.25, 0.3) is 6.08 Å². The van der Waals surface area contributed by atoms with Crippen LogP contribution in [0.1, 0.15) is 43.2 Å². The first kappa shape index (κ1) is 18.8. The second-order valence-electron chi connectivity index (χ2n) is 7.47. The highest BCUT2D eigenvalue weighted by Gasteiger charge is 2.38. The molecule has 1 aromatic rings. The fourth-order valence-corrected chi connectivity index (χ4v) is 5.97. The zero-order valence-electron chi connectivity index (χ0n) is 15.0. The molecule has 27 heavy (non-hydrogen) atoms. The van der Waals surface area contributed by atoms with Gasteiger partial charge in [-0.1, -0.05) is 12.5 Å². The molecule has 8 heteroatoms. The quantitative estimate of drug-likeness (QED) is 0.828. The average molecular weight is 398 g/mol. The first-order chi connectivity index (χ1) is 12.9. The number of fused-ring (bicyclic) bond motifs is 2. The van der Waals surface area contributed by atoms with Crippen molar-refractivity contribution in [2.24, 2.45) is 0 Å². The molecule has 4 rings (SSSR count). The van der Waals surface area contributed by atoms with Gasteiger partial charge in [0.25, 0.3) is 0 Å². The van der Waals surface area contributed by atoms with Crippen LogP contribution in [-0.2, 0) is 16.4 Å². The summed E-state index contributed by atoms with van der Waals surface area (Å²) in [7, 11) is -3.56. The average Bonchev–Trinajstić information content (AvgIpc) is 3.03. The SMILES string of the molecule is O=S(=O)(NC1CCN2CCCCC12)C1=Cc2ccc(OC(F)F)cc2CC1. The number of piperidine rings is 1. The van der Waals surface area contributed by atoms with Crippen molar-refractivity contribution >= 4 is 16.1 Å². The third kappa shape index (κ3) is 4.02. The third-order valence-electron chi connectivity index (χ3n) is 5.80. The van der Waals surface area contributed by atoms with E-state index >= 15 is 0 Å². The van der Waals surface area contributed by atoms with E-state index in [0.717, 1.165) is 43.5 Å². The van der Waals surface area contributed by atoms with E-state index in [0.29, 0.717) is 23.8 Å². The number of ether oxygens (including phenoxy) is 1. The van der Waals surface area contributed by atoms with Crippen molar-refractivity contribution in [3.05, 3.63) is 34.2 Å². The molecule has 2 aliphatic heterocycles. The Morgan fingerprint density at radius 3 is 2.81 bits per heavy atom. The molecule has 2 saturated heterocycles. The Labute approximate surface area is 158 Å². The Balaban J connectivity index is 1.50. The number of rotatable bonds is 5. The number of aryl methyl sites for hydroxylation is 1. The fraction of sp³-hybridized carbons (Fsp3) is 0.579. The number of nitrogens with one attached hydrogen (secondary N) is 1. The molecule has 2 fully saturated rings. The van der Waals surface area contributed by atoms with Gasteiger partial charge in [-0.25, -0.2) is 13.1 Å². The van der Waals surface area contributed by atoms with E-state index in [1.807, 2.05) is 0 Å². The van der Waals surface area contributed by atoms with Crippen LogP contribution in [0.5, 0.6) is 5.75 Å². The molecular formula is C19H24F2N2O3S. The summed E-state index contributed by atoms with van der Waals surface area (Å²) in [6.45, 7) is -0.859. The van der Waals surface area contributed by atoms with E-state index in [4.69, 9.17) is 0 Å². The molecule has 0 saturated carbocycles. The van der Waals surface area contributed by atoms with Crippen molar-refractivity contribution < 1.29 is 21.9 Å². The summed E-state index contributed by atoms with van der Waals surface area (Å²) < 4.78 is 57.9. The van der Waals surface area contributed by atoms with Crippen LogP contribution in [0.2, 0.25) is 0 Å². The highest BCUT2D eigenvalue weighted by molar-refractivity contribution is 7.93. The second-order valence-corrected chi connectivity index (χ2v) is 9.23. The van der Waals surface area contributed by atoms with Crippen LogP contribution in [0.3, 0.4) is 0 Å². The minimum atomic E-state index is -3.56. The normalized spacial score (nSPS) is 25.8. The minimum absolute atomic E-state index is 0.0283. The smallest absolute Gasteiger partial charge is 0.387 e. The molecule has 2 heterocycles. The molecule has 2 unspecified atom stereocenters. The summed E-state index contributed by atoms with van der Waals surface area (Å²) in [6, 6.07) is 4.92. The van der Waals surface area contributed by atoms with Crippen LogP contribution >= 0.6 is 0 Å². The van der Waals surface area contributed by atoms with Gasteiger partial charge >= 0.3 is 6.61 Å². The van der Waals surface area contributed by atoms with Crippen LogP contribution in [0.15, 0.2) is 23.1 Å². The minimum Gasteiger partial charge on any atom is -0.435 e. The third-order valence-corrected chi connectivity index (χ3v) is 7.43. The van der Waals surface area contributed by atoms with Gasteiger partial charge in [-0.3, -0.25) is 4.90 Å². The summed E-state index contributed by atoms with van der Waals surface area (Å²) in [4.78, 5) is 2.76. The zero-order valence-corrected chi connectivity index (χ0v) is 15.9. The topological polar surface area (TPSA) is 58.6 Å². The maximum Gasteiger partial charge on any atom is 0.387 e. The van der Waals surface area contributed by atoms with Gasteiger partial charge in [0.05, 0.1) is 4.91 Å². The summed E-state index contributed by atoms with van der Waals surface area (Å²) in [5, 5.41) is 0. The summed E-state index contributed by atoms with van der Waals surface area (Å²) in [5.74, 6) is 0.102. The van der Waals surface area contributed by atoms with Crippen LogP contribution in [-0.4, -0.2) is 45.1 Å². The number of nitrogens with zero attached hydrogens (tertiary/aromatic N) is 1. The molecule has 148 valence electrons. The lowest BCUT2D eigenvalue weighted by molar-refractivity contribution is -0.0498. The Morgan fingerprint density at radius 2 is 2.00 bits per heavy atom. The second kappa shape index (κ2) is 7.48. The summed E-state index contributed by atoms with van der Waals surface area (Å²) in [5.41, 5.74) is 1.57. The van der Waals surface area contributed by atoms with Crippen LogP contribution in [0.4, 0.5) is 8.78 Å². The highest BCUT2D eigenvalue weighted by atomic mass is 32.2. The van der Waals surface area contributed by atoms with E-state index in [1.54, 1.807) is 18.2 Å². The number of allylic oxidation sites excluding steroid dienone is 1. The van der Waals surface area contributed by atoms with Gasteiger partial charge in [0, 0.05) is 18.6 Å². The summed E-state index contributed by atoms with van der Waals surface area (Å²) in [6.07, 6.45) is 6.74. The van der Waals surface area contributed by atoms with Gasteiger partial charge in [-0.05, 0) is 68.0 Å². The largest absolute Gasteiger partial charge is 0.435 e. The molecule has 1 N–H and O–H groups in total. The molecule has 0 spiro atoms. The van der Waals surface area contributed by atoms with Crippen LogP contribution < -0.4 is 9.46 Å². The molecule has 0 radical (unpaired) electrons. The number of benzene rings is 1. The van der Waals surface area contributed by atoms with Gasteiger partial charge in [-0.15, -0.1) is 0 Å². The fourth-order valence-electron chi connectivity index (χ4n) is 4.49. The van der Waals surface area contributed by atoms with Crippen molar-refractivity contribution in [2.45, 2.75) is 57.2 Å². The lowest BCUT2D eigenvalue weighted by atomic mass is 9.97. The van der Waals surface area contributed by atoms with Gasteiger partial charge in [-0.2, -0.15) is 8.78 Å². The van der Waals surface area contributed by atoms with Crippen molar-refractivity contribution in [1.29, 1.82) is 0 Å². The van der Waals surface area contributed by atoms with E-state index in [1.165, 1.54) is 12.5 Å². The van der Waals surface area contributed by atoms with Crippen molar-refractivity contribution in [3.8, 4) is 5.75 Å². The zero-order chi connectivity index (χ0) is 19.0. The predicted molar refractivity (Wildman–Crippen MR) is 99.0 cm³/mol. The summed E-state index contributed by atoms with van der Waals surface area (Å²) >= 11 is 0. The van der Waals surface area contributed by atoms with Crippen LogP contribution in [0, 0.1) is 0 Å². The monoisotopic (exact) mass is 398 g/mol. The van der Waals surface area contributed by atoms with E-state index < -0.39 is 16.6 Å². The lowest BCUT2D eigenvalue weighted by Crippen LogP contribution is -2.47. The lowest BCUT2D eigenvalue weighted by Gasteiger charge is -2.32. The van der Waals surface area contributed by atoms with Gasteiger partial charge in [0.2, 0.25) is 10.0 Å². The Morgan fingerprint density at radius 1 is 1.15 bits per heavy atom. The van der Waals surface area contributed by atoms with Crippen molar-refractivity contribution in [2.75, 3.05) is 13.1 Å². The molecule has 0 bridgehead atoms. The van der Waals surface area contributed by atoms with Crippen molar-refractivity contribution in [3.63, 3.8) is 0 Å². The van der Waals surface area contributed by atoms with E-state index in [-0.39, 0.29) is 11.8 Å². The Kier molecular flexibility index (Phi) is 5.22. The number of hydrogen-bond donors (Lipinski definition) is 1. The molecule has 2 atom stereocenters. The number of halogens is 2. The Hall–Kier alpha value is -1.51. The van der Waals surface area contributed by atoms with E-state index in [2.05, 4.69) is 14.4 Å². The molecule has 5 nitrogen and oxygen atoms in total. The maximum absolute atomic E-state index is 12.9. The number of alkyl halides is 2. The van der Waals surface area contributed by atoms with Gasteiger partial charge in [0.1, 0.15) is 5.75 Å². The Bertz CT molecular complexity index is 841. The predicted octanol–water partition coefficient (Wildman–Crippen LogP) is 3.12. The molecule has 0 aromatic heterocycles. The first-order valence-electron chi connectivity index (χ1n) is 9.47. The number of hydrogen-bond acceptors (Lipinski definition) is 4. The van der Waals surface area contributed by atoms with Gasteiger partial charge < -0.3 is 4.74 Å². The molecule has 1 aromatic carbocycles. The standard InChI is InChI=1S/C19H24F2N2O3S/c20-19(21)26-15-6-4-14-12-16(7-5-13(14)11-15)27(24,25)22-17-8-10-23-9-2-1-3-18(17)23/h4,6,11-12,17-19,22H,1-3,5,7-10H2. The molecular weight excluding hydrogens is 374 g/mol. The van der Waals surface area contributed by atoms with E-state index in [9.17, 15) is 17.2 Å². The highest BCUT2D eigenvalue weighted by Crippen LogP contribution is 2.32. The molecule has 3 aliphatic rings. The van der Waals surface area contributed by atoms with Crippen molar-refractivity contribution in [1.82, 2.24) is 9.62 Å². The molecule has 1 aliphatic carbocycles. The molecule has 0 amide bonds. The number of sulfonamides is 1.